The van der Waals surface area contributed by atoms with E-state index in [1.807, 2.05) is 18.2 Å². The molecule has 1 aromatic heterocycles. The number of benzene rings is 1. The Kier molecular flexibility index (Phi) is 2.53. The molecule has 0 radical (unpaired) electrons. The number of nitrogens with zero attached hydrogens (tertiary/aromatic N) is 1. The summed E-state index contributed by atoms with van der Waals surface area (Å²) in [4.78, 5) is 18.2. The van der Waals surface area contributed by atoms with Crippen molar-refractivity contribution in [3.63, 3.8) is 0 Å². The van der Waals surface area contributed by atoms with E-state index in [1.54, 1.807) is 0 Å². The standard InChI is InChI=1S/C12H14N4O/c17-12-10-2-1-8(5-11(10)14-7-15-12)16-9-3-4-13-6-9/h1-2,5,7,9,13,16H,3-4,6H2,(H,14,15,17). The predicted octanol–water partition coefficient (Wildman–Crippen LogP) is 0.697. The smallest absolute Gasteiger partial charge is 0.258 e. The van der Waals surface area contributed by atoms with Gasteiger partial charge in [-0.1, -0.05) is 0 Å². The summed E-state index contributed by atoms with van der Waals surface area (Å²) in [6, 6.07) is 6.13. The lowest BCUT2D eigenvalue weighted by atomic mass is 10.2. The molecule has 0 amide bonds. The number of rotatable bonds is 2. The molecule has 3 rings (SSSR count). The quantitative estimate of drug-likeness (QED) is 0.710. The minimum Gasteiger partial charge on any atom is -0.381 e. The molecule has 0 saturated carbocycles. The van der Waals surface area contributed by atoms with Crippen molar-refractivity contribution in [3.8, 4) is 0 Å². The van der Waals surface area contributed by atoms with Gasteiger partial charge in [0.1, 0.15) is 0 Å². The van der Waals surface area contributed by atoms with Gasteiger partial charge in [-0.25, -0.2) is 4.98 Å². The second-order valence-corrected chi connectivity index (χ2v) is 4.30. The number of aromatic nitrogens is 2. The third-order valence-electron chi connectivity index (χ3n) is 3.07. The van der Waals surface area contributed by atoms with Crippen LogP contribution in [-0.2, 0) is 0 Å². The lowest BCUT2D eigenvalue weighted by molar-refractivity contribution is 0.793. The number of anilines is 1. The summed E-state index contributed by atoms with van der Waals surface area (Å²) >= 11 is 0. The molecular formula is C12H14N4O. The molecule has 0 aliphatic carbocycles. The first-order valence-corrected chi connectivity index (χ1v) is 5.77. The van der Waals surface area contributed by atoms with Crippen LogP contribution in [0, 0.1) is 0 Å². The minimum absolute atomic E-state index is 0.0934. The average Bonchev–Trinajstić information content (AvgIpc) is 2.82. The number of nitrogens with one attached hydrogen (secondary N) is 3. The van der Waals surface area contributed by atoms with Gasteiger partial charge >= 0.3 is 0 Å². The highest BCUT2D eigenvalue weighted by atomic mass is 16.1. The summed E-state index contributed by atoms with van der Waals surface area (Å²) in [5.74, 6) is 0. The van der Waals surface area contributed by atoms with Crippen LogP contribution in [0.15, 0.2) is 29.3 Å². The van der Waals surface area contributed by atoms with Crippen LogP contribution < -0.4 is 16.2 Å². The Morgan fingerprint density at radius 1 is 1.41 bits per heavy atom. The number of aromatic amines is 1. The second-order valence-electron chi connectivity index (χ2n) is 4.30. The van der Waals surface area contributed by atoms with Gasteiger partial charge in [0.05, 0.1) is 17.2 Å². The SMILES string of the molecule is O=c1[nH]cnc2cc(NC3CCNC3)ccc12. The van der Waals surface area contributed by atoms with Gasteiger partial charge < -0.3 is 15.6 Å². The predicted molar refractivity (Wildman–Crippen MR) is 67.3 cm³/mol. The zero-order valence-corrected chi connectivity index (χ0v) is 9.36. The summed E-state index contributed by atoms with van der Waals surface area (Å²) in [5, 5.41) is 7.37. The van der Waals surface area contributed by atoms with Gasteiger partial charge in [0.25, 0.3) is 5.56 Å². The van der Waals surface area contributed by atoms with Crippen molar-refractivity contribution >= 4 is 16.6 Å². The summed E-state index contributed by atoms with van der Waals surface area (Å²) in [6.07, 6.45) is 2.56. The molecule has 3 N–H and O–H groups in total. The molecule has 1 aliphatic heterocycles. The number of hydrogen-bond donors (Lipinski definition) is 3. The van der Waals surface area contributed by atoms with Gasteiger partial charge in [-0.15, -0.1) is 0 Å². The largest absolute Gasteiger partial charge is 0.381 e. The number of hydrogen-bond acceptors (Lipinski definition) is 4. The van der Waals surface area contributed by atoms with Crippen LogP contribution in [0.5, 0.6) is 0 Å². The highest BCUT2D eigenvalue weighted by Gasteiger charge is 2.13. The van der Waals surface area contributed by atoms with Gasteiger partial charge in [-0.2, -0.15) is 0 Å². The first-order valence-electron chi connectivity index (χ1n) is 5.77. The maximum Gasteiger partial charge on any atom is 0.258 e. The topological polar surface area (TPSA) is 69.8 Å². The van der Waals surface area contributed by atoms with Gasteiger partial charge in [0, 0.05) is 18.3 Å². The molecule has 1 saturated heterocycles. The van der Waals surface area contributed by atoms with Crippen LogP contribution in [0.25, 0.3) is 10.9 Å². The normalized spacial score (nSPS) is 19.6. The number of fused-ring (bicyclic) bond motifs is 1. The molecule has 1 aromatic carbocycles. The van der Waals surface area contributed by atoms with Crippen molar-refractivity contribution in [1.82, 2.24) is 15.3 Å². The summed E-state index contributed by atoms with van der Waals surface area (Å²) in [7, 11) is 0. The van der Waals surface area contributed by atoms with E-state index in [9.17, 15) is 4.79 Å². The third-order valence-corrected chi connectivity index (χ3v) is 3.07. The van der Waals surface area contributed by atoms with E-state index >= 15 is 0 Å². The summed E-state index contributed by atoms with van der Waals surface area (Å²) < 4.78 is 0. The van der Waals surface area contributed by atoms with Crippen LogP contribution in [0.2, 0.25) is 0 Å². The van der Waals surface area contributed by atoms with Crippen molar-refractivity contribution in [1.29, 1.82) is 0 Å². The van der Waals surface area contributed by atoms with Crippen molar-refractivity contribution in [2.75, 3.05) is 18.4 Å². The zero-order chi connectivity index (χ0) is 11.7. The van der Waals surface area contributed by atoms with Gasteiger partial charge in [-0.05, 0) is 31.2 Å². The van der Waals surface area contributed by atoms with Crippen LogP contribution >= 0.6 is 0 Å². The van der Waals surface area contributed by atoms with E-state index in [2.05, 4.69) is 20.6 Å². The third kappa shape index (κ3) is 2.01. The molecule has 5 heteroatoms. The van der Waals surface area contributed by atoms with Gasteiger partial charge in [-0.3, -0.25) is 4.79 Å². The minimum atomic E-state index is -0.0934. The Morgan fingerprint density at radius 2 is 2.35 bits per heavy atom. The molecule has 88 valence electrons. The van der Waals surface area contributed by atoms with Crippen molar-refractivity contribution in [2.45, 2.75) is 12.5 Å². The lowest BCUT2D eigenvalue weighted by Crippen LogP contribution is -2.22. The molecule has 2 aromatic rings. The lowest BCUT2D eigenvalue weighted by Gasteiger charge is -2.12. The van der Waals surface area contributed by atoms with Gasteiger partial charge in [0.15, 0.2) is 0 Å². The van der Waals surface area contributed by atoms with E-state index in [-0.39, 0.29) is 5.56 Å². The Hall–Kier alpha value is -1.88. The molecular weight excluding hydrogens is 216 g/mol. The Bertz CT molecular complexity index is 586. The second kappa shape index (κ2) is 4.18. The number of H-pyrrole nitrogens is 1. The molecule has 1 aliphatic rings. The Morgan fingerprint density at radius 3 is 3.18 bits per heavy atom. The van der Waals surface area contributed by atoms with Gasteiger partial charge in [0.2, 0.25) is 0 Å². The van der Waals surface area contributed by atoms with Crippen molar-refractivity contribution in [3.05, 3.63) is 34.9 Å². The van der Waals surface area contributed by atoms with Crippen LogP contribution in [0.1, 0.15) is 6.42 Å². The maximum atomic E-state index is 11.5. The van der Waals surface area contributed by atoms with Crippen LogP contribution in [-0.4, -0.2) is 29.1 Å². The highest BCUT2D eigenvalue weighted by molar-refractivity contribution is 5.81. The van der Waals surface area contributed by atoms with Crippen molar-refractivity contribution in [2.24, 2.45) is 0 Å². The summed E-state index contributed by atoms with van der Waals surface area (Å²) in [5.41, 5.74) is 1.65. The fourth-order valence-electron chi connectivity index (χ4n) is 2.17. The van der Waals surface area contributed by atoms with Crippen LogP contribution in [0.4, 0.5) is 5.69 Å². The Balaban J connectivity index is 1.93. The summed E-state index contributed by atoms with van der Waals surface area (Å²) in [6.45, 7) is 2.05. The van der Waals surface area contributed by atoms with E-state index in [0.29, 0.717) is 11.4 Å². The first kappa shape index (κ1) is 10.3. The fraction of sp³-hybridized carbons (Fsp3) is 0.333. The monoisotopic (exact) mass is 230 g/mol. The molecule has 1 unspecified atom stereocenters. The first-order chi connectivity index (χ1) is 8.33. The van der Waals surface area contributed by atoms with Crippen LogP contribution in [0.3, 0.4) is 0 Å². The van der Waals surface area contributed by atoms with E-state index in [0.717, 1.165) is 30.7 Å². The van der Waals surface area contributed by atoms with E-state index in [1.165, 1.54) is 6.33 Å². The molecule has 0 spiro atoms. The fourth-order valence-corrected chi connectivity index (χ4v) is 2.17. The highest BCUT2D eigenvalue weighted by Crippen LogP contribution is 2.16. The molecule has 1 fully saturated rings. The Labute approximate surface area is 98.3 Å². The van der Waals surface area contributed by atoms with E-state index < -0.39 is 0 Å². The molecule has 1 atom stereocenters. The molecule has 5 nitrogen and oxygen atoms in total. The maximum absolute atomic E-state index is 11.5. The molecule has 2 heterocycles. The van der Waals surface area contributed by atoms with Crippen molar-refractivity contribution < 1.29 is 0 Å². The zero-order valence-electron chi connectivity index (χ0n) is 9.36. The average molecular weight is 230 g/mol. The van der Waals surface area contributed by atoms with E-state index in [4.69, 9.17) is 0 Å². The molecule has 0 bridgehead atoms. The molecule has 17 heavy (non-hydrogen) atoms.